The Bertz CT molecular complexity index is 969. The second kappa shape index (κ2) is 13.0. The molecular formula is C27H33ClN2O2. The van der Waals surface area contributed by atoms with Gasteiger partial charge in [0.05, 0.1) is 0 Å². The number of likely N-dealkylation sites (N-methyl/N-ethyl adjacent to an activating group) is 1. The fourth-order valence-corrected chi connectivity index (χ4v) is 3.51. The number of allylic oxidation sites excluding steroid dienone is 1. The summed E-state index contributed by atoms with van der Waals surface area (Å²) in [5.41, 5.74) is 6.95. The first-order chi connectivity index (χ1) is 15.1. The summed E-state index contributed by atoms with van der Waals surface area (Å²) >= 11 is 0. The van der Waals surface area contributed by atoms with Crippen LogP contribution in [-0.2, 0) is 0 Å². The number of nitrogens with zero attached hydrogens (tertiary/aromatic N) is 2. The van der Waals surface area contributed by atoms with Gasteiger partial charge in [0.2, 0.25) is 0 Å². The van der Waals surface area contributed by atoms with Crippen LogP contribution in [0, 0.1) is 6.92 Å². The second-order valence-corrected chi connectivity index (χ2v) is 7.96. The standard InChI is InChI=1S/C27H32N2O2.ClH/c1-21-8-10-22(11-9-21)27(26(7-5-18-30)24-6-4-16-28-20-24)23-12-14-25(15-13-23)31-19-17-29(2)3;/h4,6,8-16,20,30H,5,7,17-19H2,1-3H3;1H/b27-26-;. The van der Waals surface area contributed by atoms with Crippen LogP contribution in [0.2, 0.25) is 0 Å². The van der Waals surface area contributed by atoms with Crippen LogP contribution >= 0.6 is 12.4 Å². The zero-order valence-corrected chi connectivity index (χ0v) is 19.9. The van der Waals surface area contributed by atoms with Crippen molar-refractivity contribution in [1.29, 1.82) is 0 Å². The number of ether oxygens (including phenoxy) is 1. The lowest BCUT2D eigenvalue weighted by Crippen LogP contribution is -2.19. The average molecular weight is 453 g/mol. The molecule has 0 saturated carbocycles. The van der Waals surface area contributed by atoms with Crippen molar-refractivity contribution in [1.82, 2.24) is 9.88 Å². The van der Waals surface area contributed by atoms with E-state index in [0.29, 0.717) is 13.0 Å². The molecule has 0 fully saturated rings. The summed E-state index contributed by atoms with van der Waals surface area (Å²) < 4.78 is 5.88. The van der Waals surface area contributed by atoms with Crippen LogP contribution in [0.4, 0.5) is 0 Å². The van der Waals surface area contributed by atoms with E-state index in [-0.39, 0.29) is 19.0 Å². The smallest absolute Gasteiger partial charge is 0.119 e. The predicted molar refractivity (Wildman–Crippen MR) is 135 cm³/mol. The van der Waals surface area contributed by atoms with Crippen LogP contribution in [0.3, 0.4) is 0 Å². The van der Waals surface area contributed by atoms with Crippen molar-refractivity contribution in [2.24, 2.45) is 0 Å². The molecule has 1 N–H and O–H groups in total. The molecular weight excluding hydrogens is 420 g/mol. The SMILES string of the molecule is Cc1ccc(/C(=C(\CCCO)c2cccnc2)c2ccc(OCCN(C)C)cc2)cc1.Cl. The van der Waals surface area contributed by atoms with Crippen molar-refractivity contribution in [2.75, 3.05) is 33.9 Å². The molecule has 0 aliphatic rings. The first-order valence-electron chi connectivity index (χ1n) is 10.8. The zero-order chi connectivity index (χ0) is 22.1. The Morgan fingerprint density at radius 2 is 1.59 bits per heavy atom. The van der Waals surface area contributed by atoms with Crippen molar-refractivity contribution >= 4 is 23.6 Å². The molecule has 2 aromatic carbocycles. The molecule has 0 amide bonds. The summed E-state index contributed by atoms with van der Waals surface area (Å²) in [6, 6.07) is 21.0. The Morgan fingerprint density at radius 1 is 0.938 bits per heavy atom. The van der Waals surface area contributed by atoms with Gasteiger partial charge < -0.3 is 14.7 Å². The molecule has 1 heterocycles. The van der Waals surface area contributed by atoms with Crippen molar-refractivity contribution in [2.45, 2.75) is 19.8 Å². The van der Waals surface area contributed by atoms with Gasteiger partial charge in [0.25, 0.3) is 0 Å². The highest BCUT2D eigenvalue weighted by Gasteiger charge is 2.14. The molecule has 32 heavy (non-hydrogen) atoms. The van der Waals surface area contributed by atoms with Gasteiger partial charge in [-0.2, -0.15) is 0 Å². The number of pyridine rings is 1. The predicted octanol–water partition coefficient (Wildman–Crippen LogP) is 5.48. The number of aryl methyl sites for hydroxylation is 1. The molecule has 0 saturated heterocycles. The molecule has 0 bridgehead atoms. The molecule has 0 atom stereocenters. The van der Waals surface area contributed by atoms with E-state index in [9.17, 15) is 5.11 Å². The van der Waals surface area contributed by atoms with Crippen LogP contribution in [0.1, 0.15) is 35.1 Å². The number of benzene rings is 2. The summed E-state index contributed by atoms with van der Waals surface area (Å²) in [5, 5.41) is 9.52. The first kappa shape index (κ1) is 25.6. The Morgan fingerprint density at radius 3 is 2.16 bits per heavy atom. The van der Waals surface area contributed by atoms with Gasteiger partial charge in [0.1, 0.15) is 12.4 Å². The third-order valence-corrected chi connectivity index (χ3v) is 5.19. The minimum atomic E-state index is 0. The Balaban J connectivity index is 0.00000363. The molecule has 170 valence electrons. The lowest BCUT2D eigenvalue weighted by Gasteiger charge is -2.18. The largest absolute Gasteiger partial charge is 0.492 e. The fraction of sp³-hybridized carbons (Fsp3) is 0.296. The van der Waals surface area contributed by atoms with Gasteiger partial charge in [0, 0.05) is 25.5 Å². The Kier molecular flexibility index (Phi) is 10.4. The van der Waals surface area contributed by atoms with E-state index in [2.05, 4.69) is 59.3 Å². The number of aromatic nitrogens is 1. The number of hydrogen-bond donors (Lipinski definition) is 1. The van der Waals surface area contributed by atoms with Crippen LogP contribution in [0.5, 0.6) is 5.75 Å². The van der Waals surface area contributed by atoms with Crippen LogP contribution < -0.4 is 4.74 Å². The Hall–Kier alpha value is -2.66. The van der Waals surface area contributed by atoms with Crippen molar-refractivity contribution in [3.05, 3.63) is 95.3 Å². The maximum atomic E-state index is 9.52. The van der Waals surface area contributed by atoms with Crippen LogP contribution in [-0.4, -0.2) is 48.8 Å². The maximum Gasteiger partial charge on any atom is 0.119 e. The summed E-state index contributed by atoms with van der Waals surface area (Å²) in [4.78, 5) is 6.44. The second-order valence-electron chi connectivity index (χ2n) is 7.96. The van der Waals surface area contributed by atoms with E-state index in [1.165, 1.54) is 16.7 Å². The van der Waals surface area contributed by atoms with Gasteiger partial charge in [0.15, 0.2) is 0 Å². The molecule has 3 aromatic rings. The van der Waals surface area contributed by atoms with Crippen LogP contribution in [0.15, 0.2) is 73.1 Å². The van der Waals surface area contributed by atoms with Gasteiger partial charge in [-0.1, -0.05) is 48.0 Å². The summed E-state index contributed by atoms with van der Waals surface area (Å²) in [6.07, 6.45) is 5.16. The highest BCUT2D eigenvalue weighted by molar-refractivity contribution is 5.98. The zero-order valence-electron chi connectivity index (χ0n) is 19.1. The fourth-order valence-electron chi connectivity index (χ4n) is 3.51. The van der Waals surface area contributed by atoms with Gasteiger partial charge in [-0.15, -0.1) is 12.4 Å². The third-order valence-electron chi connectivity index (χ3n) is 5.19. The molecule has 0 unspecified atom stereocenters. The average Bonchev–Trinajstić information content (AvgIpc) is 2.79. The van der Waals surface area contributed by atoms with Gasteiger partial charge in [-0.3, -0.25) is 4.98 Å². The lowest BCUT2D eigenvalue weighted by molar-refractivity contribution is 0.261. The number of hydrogen-bond acceptors (Lipinski definition) is 4. The van der Waals surface area contributed by atoms with Gasteiger partial charge >= 0.3 is 0 Å². The first-order valence-corrected chi connectivity index (χ1v) is 10.8. The van der Waals surface area contributed by atoms with E-state index in [4.69, 9.17) is 4.74 Å². The summed E-state index contributed by atoms with van der Waals surface area (Å²) in [7, 11) is 4.08. The molecule has 4 nitrogen and oxygen atoms in total. The minimum Gasteiger partial charge on any atom is -0.492 e. The summed E-state index contributed by atoms with van der Waals surface area (Å²) in [6.45, 7) is 3.79. The highest BCUT2D eigenvalue weighted by atomic mass is 35.5. The number of halogens is 1. The number of aliphatic hydroxyl groups is 1. The molecule has 0 aliphatic heterocycles. The normalized spacial score (nSPS) is 11.7. The molecule has 0 aliphatic carbocycles. The molecule has 5 heteroatoms. The molecule has 0 spiro atoms. The van der Waals surface area contributed by atoms with Crippen molar-refractivity contribution in [3.63, 3.8) is 0 Å². The van der Waals surface area contributed by atoms with Gasteiger partial charge in [-0.25, -0.2) is 0 Å². The van der Waals surface area contributed by atoms with E-state index in [0.717, 1.165) is 35.4 Å². The lowest BCUT2D eigenvalue weighted by atomic mass is 9.87. The van der Waals surface area contributed by atoms with E-state index in [1.807, 2.05) is 38.5 Å². The van der Waals surface area contributed by atoms with Crippen molar-refractivity contribution in [3.8, 4) is 5.75 Å². The molecule has 0 radical (unpaired) electrons. The number of aliphatic hydroxyl groups excluding tert-OH is 1. The highest BCUT2D eigenvalue weighted by Crippen LogP contribution is 2.35. The number of rotatable bonds is 10. The van der Waals surface area contributed by atoms with Crippen LogP contribution in [0.25, 0.3) is 11.1 Å². The molecule has 1 aromatic heterocycles. The van der Waals surface area contributed by atoms with Crippen molar-refractivity contribution < 1.29 is 9.84 Å². The topological polar surface area (TPSA) is 45.6 Å². The summed E-state index contributed by atoms with van der Waals surface area (Å²) in [5.74, 6) is 0.868. The minimum absolute atomic E-state index is 0. The molecule has 3 rings (SSSR count). The van der Waals surface area contributed by atoms with E-state index < -0.39 is 0 Å². The van der Waals surface area contributed by atoms with Gasteiger partial charge in [-0.05, 0) is 79.9 Å². The third kappa shape index (κ3) is 7.20. The van der Waals surface area contributed by atoms with E-state index in [1.54, 1.807) is 6.20 Å². The monoisotopic (exact) mass is 452 g/mol. The Labute approximate surface area is 198 Å². The maximum absolute atomic E-state index is 9.52. The van der Waals surface area contributed by atoms with E-state index >= 15 is 0 Å². The quantitative estimate of drug-likeness (QED) is 0.442.